The Morgan fingerprint density at radius 3 is 2.82 bits per heavy atom. The van der Waals surface area contributed by atoms with Crippen LogP contribution in [0.5, 0.6) is 0 Å². The van der Waals surface area contributed by atoms with Crippen LogP contribution in [0.25, 0.3) is 10.9 Å². The van der Waals surface area contributed by atoms with E-state index in [0.29, 0.717) is 16.2 Å². The van der Waals surface area contributed by atoms with E-state index < -0.39 is 0 Å². The number of carbonyl (C=O) groups is 1. The van der Waals surface area contributed by atoms with E-state index in [0.717, 1.165) is 15.6 Å². The maximum absolute atomic E-state index is 12.4. The zero-order valence-electron chi connectivity index (χ0n) is 11.9. The van der Waals surface area contributed by atoms with E-state index in [1.165, 1.54) is 0 Å². The van der Waals surface area contributed by atoms with Gasteiger partial charge in [0.25, 0.3) is 5.91 Å². The number of hydrogen-bond donors (Lipinski definition) is 1. The molecule has 0 saturated carbocycles. The molecule has 3 rings (SSSR count). The van der Waals surface area contributed by atoms with E-state index in [4.69, 9.17) is 11.6 Å². The summed E-state index contributed by atoms with van der Waals surface area (Å²) in [5, 5.41) is 8.25. The molecule has 0 atom stereocenters. The number of nitrogens with zero attached hydrogens (tertiary/aromatic N) is 3. The fourth-order valence-electron chi connectivity index (χ4n) is 2.15. The molecule has 1 amide bonds. The molecule has 2 heterocycles. The standard InChI is InChI=1S/C15H12BrClN4O/c1-8-12(17)14(20-21(8)2)15(22)19-11-6-5-10(16)9-4-3-7-18-13(9)11/h3-7H,1-2H3,(H,19,22). The molecule has 0 fully saturated rings. The van der Waals surface area contributed by atoms with Crippen LogP contribution in [-0.4, -0.2) is 20.7 Å². The first-order chi connectivity index (χ1) is 10.5. The number of aryl methyl sites for hydroxylation is 1. The molecular weight excluding hydrogens is 368 g/mol. The second-order valence-corrected chi connectivity index (χ2v) is 6.05. The van der Waals surface area contributed by atoms with Crippen molar-refractivity contribution < 1.29 is 4.79 Å². The molecular formula is C15H12BrClN4O. The molecule has 0 aliphatic carbocycles. The predicted molar refractivity (Wildman–Crippen MR) is 90.4 cm³/mol. The smallest absolute Gasteiger partial charge is 0.277 e. The molecule has 112 valence electrons. The van der Waals surface area contributed by atoms with Gasteiger partial charge in [-0.05, 0) is 25.1 Å². The average molecular weight is 380 g/mol. The summed E-state index contributed by atoms with van der Waals surface area (Å²) in [7, 11) is 1.74. The van der Waals surface area contributed by atoms with E-state index in [9.17, 15) is 4.79 Å². The number of anilines is 1. The van der Waals surface area contributed by atoms with Gasteiger partial charge in [-0.25, -0.2) is 0 Å². The average Bonchev–Trinajstić information content (AvgIpc) is 2.78. The third kappa shape index (κ3) is 2.48. The second kappa shape index (κ2) is 5.70. The summed E-state index contributed by atoms with van der Waals surface area (Å²) < 4.78 is 2.50. The summed E-state index contributed by atoms with van der Waals surface area (Å²) in [6, 6.07) is 7.43. The van der Waals surface area contributed by atoms with Gasteiger partial charge in [-0.3, -0.25) is 14.5 Å². The summed E-state index contributed by atoms with van der Waals surface area (Å²) in [5.41, 5.74) is 2.26. The molecule has 5 nitrogen and oxygen atoms in total. The molecule has 1 aromatic carbocycles. The molecule has 2 aromatic heterocycles. The number of hydrogen-bond acceptors (Lipinski definition) is 3. The highest BCUT2D eigenvalue weighted by Crippen LogP contribution is 2.29. The highest BCUT2D eigenvalue weighted by Gasteiger charge is 2.19. The van der Waals surface area contributed by atoms with Crippen LogP contribution in [0.3, 0.4) is 0 Å². The highest BCUT2D eigenvalue weighted by atomic mass is 79.9. The topological polar surface area (TPSA) is 59.8 Å². The minimum Gasteiger partial charge on any atom is -0.319 e. The fourth-order valence-corrected chi connectivity index (χ4v) is 2.85. The fraction of sp³-hybridized carbons (Fsp3) is 0.133. The van der Waals surface area contributed by atoms with Crippen molar-refractivity contribution in [3.05, 3.63) is 51.3 Å². The zero-order valence-corrected chi connectivity index (χ0v) is 14.2. The quantitative estimate of drug-likeness (QED) is 0.733. The highest BCUT2D eigenvalue weighted by molar-refractivity contribution is 9.10. The van der Waals surface area contributed by atoms with Crippen molar-refractivity contribution >= 4 is 50.0 Å². The van der Waals surface area contributed by atoms with Gasteiger partial charge in [-0.2, -0.15) is 5.10 Å². The van der Waals surface area contributed by atoms with Gasteiger partial charge in [0.05, 0.1) is 21.9 Å². The van der Waals surface area contributed by atoms with Gasteiger partial charge in [-0.15, -0.1) is 0 Å². The van der Waals surface area contributed by atoms with Crippen molar-refractivity contribution in [1.29, 1.82) is 0 Å². The van der Waals surface area contributed by atoms with Crippen LogP contribution in [0, 0.1) is 6.92 Å². The Morgan fingerprint density at radius 1 is 1.36 bits per heavy atom. The SMILES string of the molecule is Cc1c(Cl)c(C(=O)Nc2ccc(Br)c3cccnc23)nn1C. The molecule has 1 N–H and O–H groups in total. The Labute approximate surface area is 140 Å². The molecule has 0 saturated heterocycles. The molecule has 0 unspecified atom stereocenters. The molecule has 0 bridgehead atoms. The Balaban J connectivity index is 2.01. The van der Waals surface area contributed by atoms with Crippen LogP contribution in [0.1, 0.15) is 16.2 Å². The number of fused-ring (bicyclic) bond motifs is 1. The van der Waals surface area contributed by atoms with Gasteiger partial charge in [0.15, 0.2) is 5.69 Å². The van der Waals surface area contributed by atoms with Gasteiger partial charge >= 0.3 is 0 Å². The predicted octanol–water partition coefficient (Wildman–Crippen LogP) is 3.94. The van der Waals surface area contributed by atoms with Crippen molar-refractivity contribution in [2.24, 2.45) is 7.05 Å². The summed E-state index contributed by atoms with van der Waals surface area (Å²) in [6.07, 6.45) is 1.68. The first kappa shape index (κ1) is 15.0. The lowest BCUT2D eigenvalue weighted by atomic mass is 10.2. The number of rotatable bonds is 2. The molecule has 0 aliphatic heterocycles. The van der Waals surface area contributed by atoms with Gasteiger partial charge in [0.2, 0.25) is 0 Å². The Bertz CT molecular complexity index is 891. The van der Waals surface area contributed by atoms with Gasteiger partial charge in [-0.1, -0.05) is 33.6 Å². The van der Waals surface area contributed by atoms with Crippen LogP contribution in [0.15, 0.2) is 34.9 Å². The zero-order chi connectivity index (χ0) is 15.9. The van der Waals surface area contributed by atoms with Crippen molar-refractivity contribution in [2.45, 2.75) is 6.92 Å². The number of benzene rings is 1. The third-order valence-corrected chi connectivity index (χ3v) is 4.58. The van der Waals surface area contributed by atoms with E-state index in [-0.39, 0.29) is 11.6 Å². The largest absolute Gasteiger partial charge is 0.319 e. The van der Waals surface area contributed by atoms with Crippen LogP contribution < -0.4 is 5.32 Å². The molecule has 3 aromatic rings. The van der Waals surface area contributed by atoms with Crippen molar-refractivity contribution in [3.8, 4) is 0 Å². The van der Waals surface area contributed by atoms with Crippen molar-refractivity contribution in [2.75, 3.05) is 5.32 Å². The monoisotopic (exact) mass is 378 g/mol. The van der Waals surface area contributed by atoms with Gasteiger partial charge in [0, 0.05) is 23.1 Å². The maximum atomic E-state index is 12.4. The molecule has 0 spiro atoms. The van der Waals surface area contributed by atoms with E-state index in [1.54, 1.807) is 24.0 Å². The molecule has 0 radical (unpaired) electrons. The summed E-state index contributed by atoms with van der Waals surface area (Å²) in [6.45, 7) is 1.81. The lowest BCUT2D eigenvalue weighted by Gasteiger charge is -2.08. The lowest BCUT2D eigenvalue weighted by molar-refractivity contribution is 0.102. The van der Waals surface area contributed by atoms with Crippen LogP contribution in [0.4, 0.5) is 5.69 Å². The van der Waals surface area contributed by atoms with E-state index in [2.05, 4.69) is 31.3 Å². The molecule has 22 heavy (non-hydrogen) atoms. The number of pyridine rings is 1. The number of halogens is 2. The number of aromatic nitrogens is 3. The first-order valence-electron chi connectivity index (χ1n) is 6.52. The summed E-state index contributed by atoms with van der Waals surface area (Å²) >= 11 is 9.63. The first-order valence-corrected chi connectivity index (χ1v) is 7.70. The number of carbonyl (C=O) groups excluding carboxylic acids is 1. The second-order valence-electron chi connectivity index (χ2n) is 4.82. The lowest BCUT2D eigenvalue weighted by Crippen LogP contribution is -2.14. The van der Waals surface area contributed by atoms with Crippen LogP contribution >= 0.6 is 27.5 Å². The number of amides is 1. The Morgan fingerprint density at radius 2 is 2.14 bits per heavy atom. The summed E-state index contributed by atoms with van der Waals surface area (Å²) in [4.78, 5) is 16.7. The Kier molecular flexibility index (Phi) is 3.88. The minimum atomic E-state index is -0.358. The molecule has 7 heteroatoms. The van der Waals surface area contributed by atoms with E-state index in [1.807, 2.05) is 25.1 Å². The van der Waals surface area contributed by atoms with Crippen LogP contribution in [-0.2, 0) is 7.05 Å². The van der Waals surface area contributed by atoms with Crippen molar-refractivity contribution in [1.82, 2.24) is 14.8 Å². The normalized spacial score (nSPS) is 10.9. The van der Waals surface area contributed by atoms with Crippen LogP contribution in [0.2, 0.25) is 5.02 Å². The maximum Gasteiger partial charge on any atom is 0.277 e. The van der Waals surface area contributed by atoms with Gasteiger partial charge < -0.3 is 5.32 Å². The molecule has 0 aliphatic rings. The van der Waals surface area contributed by atoms with Crippen molar-refractivity contribution in [3.63, 3.8) is 0 Å². The summed E-state index contributed by atoms with van der Waals surface area (Å²) in [5.74, 6) is -0.358. The van der Waals surface area contributed by atoms with E-state index >= 15 is 0 Å². The Hall–Kier alpha value is -1.92. The van der Waals surface area contributed by atoms with Gasteiger partial charge in [0.1, 0.15) is 0 Å². The minimum absolute atomic E-state index is 0.202. The third-order valence-electron chi connectivity index (χ3n) is 3.44. The number of nitrogens with one attached hydrogen (secondary N) is 1.